The highest BCUT2D eigenvalue weighted by Crippen LogP contribution is 2.68. The minimum absolute atomic E-state index is 0.132. The van der Waals surface area contributed by atoms with Gasteiger partial charge >= 0.3 is 15.4 Å². The lowest BCUT2D eigenvalue weighted by Crippen LogP contribution is -2.19. The fourth-order valence-electron chi connectivity index (χ4n) is 2.55. The fourth-order valence-corrected chi connectivity index (χ4v) is 7.20. The predicted octanol–water partition coefficient (Wildman–Crippen LogP) is 10.4. The molecule has 0 aliphatic rings. The summed E-state index contributed by atoms with van der Waals surface area (Å²) in [5, 5.41) is -1.57. The average molecular weight is 699 g/mol. The van der Waals surface area contributed by atoms with Crippen LogP contribution in [-0.4, -0.2) is 47.9 Å². The van der Waals surface area contributed by atoms with E-state index < -0.39 is 42.8 Å². The van der Waals surface area contributed by atoms with Crippen LogP contribution in [0.5, 0.6) is 0 Å². The van der Waals surface area contributed by atoms with E-state index in [1.54, 1.807) is 0 Å². The lowest BCUT2D eigenvalue weighted by Gasteiger charge is -2.31. The third kappa shape index (κ3) is 13.0. The van der Waals surface area contributed by atoms with Gasteiger partial charge in [0, 0.05) is 0 Å². The van der Waals surface area contributed by atoms with Crippen LogP contribution < -0.4 is 0 Å². The van der Waals surface area contributed by atoms with Crippen LogP contribution in [0.15, 0.2) is 18.2 Å². The second kappa shape index (κ2) is 18.7. The number of phosphoric acid groups is 1. The van der Waals surface area contributed by atoms with Crippen molar-refractivity contribution in [1.29, 1.82) is 0 Å². The minimum Gasteiger partial charge on any atom is -0.305 e. The monoisotopic (exact) mass is 696 g/mol. The number of alkyl halides is 4. The first-order chi connectivity index (χ1) is 17.8. The summed E-state index contributed by atoms with van der Waals surface area (Å²) in [7, 11) is -8.77. The third-order valence-corrected chi connectivity index (χ3v) is 11.3. The quantitative estimate of drug-likeness (QED) is 0.0990. The van der Waals surface area contributed by atoms with Crippen LogP contribution in [-0.2, 0) is 31.7 Å². The van der Waals surface area contributed by atoms with E-state index in [2.05, 4.69) is 0 Å². The summed E-state index contributed by atoms with van der Waals surface area (Å²) in [6.07, 6.45) is 2.11. The Labute approximate surface area is 256 Å². The molecule has 222 valence electrons. The van der Waals surface area contributed by atoms with Gasteiger partial charge in [-0.25, -0.2) is 4.57 Å². The topological polar surface area (TPSA) is 80.3 Å². The van der Waals surface area contributed by atoms with Gasteiger partial charge in [-0.15, -0.1) is 46.4 Å². The first kappa shape index (κ1) is 37.2. The number of hydrogen-bond donors (Lipinski definition) is 0. The van der Waals surface area contributed by atoms with Gasteiger partial charge in [0.1, 0.15) is 0 Å². The molecule has 5 unspecified atom stereocenters. The number of rotatable bonds is 20. The van der Waals surface area contributed by atoms with Crippen molar-refractivity contribution in [2.24, 2.45) is 0 Å². The van der Waals surface area contributed by atoms with E-state index in [-0.39, 0.29) is 42.0 Å². The molecule has 0 saturated carbocycles. The van der Waals surface area contributed by atoms with E-state index in [0.717, 1.165) is 0 Å². The number of phosphoric ester groups is 1. The zero-order valence-corrected chi connectivity index (χ0v) is 28.1. The van der Waals surface area contributed by atoms with Crippen molar-refractivity contribution in [3.05, 3.63) is 33.8 Å². The first-order valence-corrected chi connectivity index (χ1v) is 17.9. The highest BCUT2D eigenvalue weighted by Gasteiger charge is 2.46. The number of benzene rings is 1. The largest absolute Gasteiger partial charge is 0.476 e. The molecule has 1 aromatic carbocycles. The Kier molecular flexibility index (Phi) is 18.3. The van der Waals surface area contributed by atoms with Crippen molar-refractivity contribution in [3.8, 4) is 0 Å². The normalized spacial score (nSPS) is 19.2. The molecular weight excluding hydrogens is 663 g/mol. The van der Waals surface area contributed by atoms with Crippen molar-refractivity contribution >= 4 is 85.0 Å². The van der Waals surface area contributed by atoms with E-state index in [1.165, 1.54) is 18.2 Å². The van der Waals surface area contributed by atoms with E-state index in [4.69, 9.17) is 92.2 Å². The van der Waals surface area contributed by atoms with Crippen LogP contribution in [0, 0.1) is 0 Å². The molecule has 5 atom stereocenters. The lowest BCUT2D eigenvalue weighted by atomic mass is 10.2. The molecule has 15 heteroatoms. The van der Waals surface area contributed by atoms with Gasteiger partial charge in [0.25, 0.3) is 0 Å². The average Bonchev–Trinajstić information content (AvgIpc) is 2.92. The Bertz CT molecular complexity index is 892. The van der Waals surface area contributed by atoms with Crippen molar-refractivity contribution < 1.29 is 31.7 Å². The molecule has 0 saturated heterocycles. The molecule has 0 bridgehead atoms. The van der Waals surface area contributed by atoms with Gasteiger partial charge in [-0.1, -0.05) is 57.0 Å². The smallest absolute Gasteiger partial charge is 0.305 e. The molecule has 1 aromatic rings. The fraction of sp³-hybridized carbons (Fsp3) is 0.739. The molecule has 0 amide bonds. The molecule has 0 radical (unpaired) electrons. The first-order valence-electron chi connectivity index (χ1n) is 12.3. The van der Waals surface area contributed by atoms with Crippen LogP contribution in [0.25, 0.3) is 0 Å². The number of hydrogen-bond acceptors (Lipinski definition) is 7. The summed E-state index contributed by atoms with van der Waals surface area (Å²) in [4.78, 5) is 0. The number of halogens is 6. The Morgan fingerprint density at radius 2 is 1.05 bits per heavy atom. The standard InChI is InChI=1S/C23H36Cl6O7P2/c1-5-17(24)12-32-37(30,33-13-18(25)6-2)23(16-9-10-21(28)22(29)11-16)36-38(31,34-14-19(26)7-3)35-15-20(27)8-4/h9-11,17-20,23H,5-8,12-15H2,1-4H3. The van der Waals surface area contributed by atoms with Crippen LogP contribution in [0.1, 0.15) is 64.8 Å². The van der Waals surface area contributed by atoms with Gasteiger partial charge in [0.15, 0.2) is 5.85 Å². The highest BCUT2D eigenvalue weighted by atomic mass is 35.5. The summed E-state index contributed by atoms with van der Waals surface area (Å²) in [6.45, 7) is 6.70. The van der Waals surface area contributed by atoms with Gasteiger partial charge in [0.2, 0.25) is 0 Å². The van der Waals surface area contributed by atoms with Gasteiger partial charge in [-0.2, -0.15) is 0 Å². The third-order valence-electron chi connectivity index (χ3n) is 5.21. The van der Waals surface area contributed by atoms with Crippen LogP contribution in [0.4, 0.5) is 0 Å². The molecule has 0 aliphatic heterocycles. The predicted molar refractivity (Wildman–Crippen MR) is 159 cm³/mol. The van der Waals surface area contributed by atoms with Crippen molar-refractivity contribution in [1.82, 2.24) is 0 Å². The second-order valence-corrected chi connectivity index (χ2v) is 15.3. The minimum atomic E-state index is -4.45. The van der Waals surface area contributed by atoms with Crippen LogP contribution >= 0.6 is 85.0 Å². The van der Waals surface area contributed by atoms with Gasteiger partial charge in [-0.05, 0) is 43.4 Å². The molecule has 0 heterocycles. The second-order valence-electron chi connectivity index (χ2n) is 8.32. The maximum atomic E-state index is 14.4. The van der Waals surface area contributed by atoms with E-state index >= 15 is 0 Å². The van der Waals surface area contributed by atoms with Gasteiger partial charge in [0.05, 0.1) is 58.0 Å². The summed E-state index contributed by atoms with van der Waals surface area (Å²) in [5.74, 6) is -1.62. The maximum absolute atomic E-state index is 14.4. The van der Waals surface area contributed by atoms with Gasteiger partial charge in [-0.3, -0.25) is 18.1 Å². The van der Waals surface area contributed by atoms with Crippen LogP contribution in [0.2, 0.25) is 10.0 Å². The molecule has 38 heavy (non-hydrogen) atoms. The lowest BCUT2D eigenvalue weighted by molar-refractivity contribution is 0.0815. The zero-order chi connectivity index (χ0) is 28.9. The summed E-state index contributed by atoms with van der Waals surface area (Å²) in [5.41, 5.74) is 0.191. The molecule has 0 aromatic heterocycles. The van der Waals surface area contributed by atoms with E-state index in [1.807, 2.05) is 27.7 Å². The Hall–Kier alpha value is 1.22. The van der Waals surface area contributed by atoms with E-state index in [9.17, 15) is 9.13 Å². The zero-order valence-electron chi connectivity index (χ0n) is 21.8. The molecule has 7 nitrogen and oxygen atoms in total. The molecule has 0 aliphatic carbocycles. The highest BCUT2D eigenvalue weighted by molar-refractivity contribution is 7.55. The van der Waals surface area contributed by atoms with Crippen molar-refractivity contribution in [2.45, 2.75) is 80.7 Å². The molecule has 0 N–H and O–H groups in total. The Morgan fingerprint density at radius 3 is 1.42 bits per heavy atom. The Morgan fingerprint density at radius 1 is 0.658 bits per heavy atom. The van der Waals surface area contributed by atoms with Crippen molar-refractivity contribution in [2.75, 3.05) is 26.4 Å². The molecular formula is C23H36Cl6O7P2. The van der Waals surface area contributed by atoms with Crippen LogP contribution in [0.3, 0.4) is 0 Å². The molecule has 1 rings (SSSR count). The molecule has 0 spiro atoms. The SMILES string of the molecule is CCC(Cl)COP(=O)(OCC(Cl)CC)OC(c1ccc(Cl)c(Cl)c1)P(=O)(OCC(Cl)CC)OCC(Cl)CC. The molecule has 0 fully saturated rings. The maximum Gasteiger partial charge on any atom is 0.476 e. The van der Waals surface area contributed by atoms with Gasteiger partial charge < -0.3 is 9.05 Å². The van der Waals surface area contributed by atoms with E-state index in [0.29, 0.717) is 25.7 Å². The summed E-state index contributed by atoms with van der Waals surface area (Å²) < 4.78 is 56.8. The Balaban J connectivity index is 3.58. The van der Waals surface area contributed by atoms with Crippen molar-refractivity contribution in [3.63, 3.8) is 0 Å². The summed E-state index contributed by atoms with van der Waals surface area (Å²) in [6, 6.07) is 4.36. The summed E-state index contributed by atoms with van der Waals surface area (Å²) >= 11 is 37.3.